The topological polar surface area (TPSA) is 50.7 Å². The van der Waals surface area contributed by atoms with E-state index in [0.717, 1.165) is 16.7 Å². The molecule has 1 N–H and O–H groups in total. The second-order valence-corrected chi connectivity index (χ2v) is 5.43. The number of nitrogens with zero attached hydrogens (tertiary/aromatic N) is 2. The molecular formula is C9H17N3OS2. The van der Waals surface area contributed by atoms with Crippen LogP contribution in [0.15, 0.2) is 9.95 Å². The Labute approximate surface area is 99.3 Å². The monoisotopic (exact) mass is 247 g/mol. The molecule has 1 aromatic rings. The predicted octanol–water partition coefficient (Wildman–Crippen LogP) is 1.64. The molecule has 0 spiro atoms. The van der Waals surface area contributed by atoms with Gasteiger partial charge >= 0.3 is 5.69 Å². The van der Waals surface area contributed by atoms with Crippen LogP contribution in [0.1, 0.15) is 20.8 Å². The largest absolute Gasteiger partial charge is 0.343 e. The number of hydrogen-bond acceptors (Lipinski definition) is 4. The summed E-state index contributed by atoms with van der Waals surface area (Å²) in [7, 11) is 0. The van der Waals surface area contributed by atoms with Crippen LogP contribution in [-0.4, -0.2) is 26.3 Å². The summed E-state index contributed by atoms with van der Waals surface area (Å²) >= 11 is 5.89. The van der Waals surface area contributed by atoms with Gasteiger partial charge in [0, 0.05) is 12.3 Å². The highest BCUT2D eigenvalue weighted by molar-refractivity contribution is 7.99. The molecule has 0 aliphatic carbocycles. The molecule has 0 saturated heterocycles. The lowest BCUT2D eigenvalue weighted by molar-refractivity contribution is 0.492. The number of rotatable bonds is 5. The summed E-state index contributed by atoms with van der Waals surface area (Å²) in [6, 6.07) is 0. The van der Waals surface area contributed by atoms with E-state index in [1.165, 1.54) is 0 Å². The van der Waals surface area contributed by atoms with Gasteiger partial charge in [-0.25, -0.2) is 9.89 Å². The van der Waals surface area contributed by atoms with Crippen LogP contribution in [0.25, 0.3) is 0 Å². The number of thioether (sulfide) groups is 1. The third kappa shape index (κ3) is 3.31. The highest BCUT2D eigenvalue weighted by atomic mass is 32.2. The summed E-state index contributed by atoms with van der Waals surface area (Å²) in [6.45, 7) is 6.88. The number of hydrogen-bond donors (Lipinski definition) is 2. The van der Waals surface area contributed by atoms with Crippen LogP contribution in [0.5, 0.6) is 0 Å². The fourth-order valence-corrected chi connectivity index (χ4v) is 2.36. The van der Waals surface area contributed by atoms with Crippen LogP contribution in [-0.2, 0) is 6.54 Å². The minimum Gasteiger partial charge on any atom is -0.270 e. The molecule has 0 aliphatic heterocycles. The maximum Gasteiger partial charge on any atom is 0.343 e. The molecule has 0 aromatic carbocycles. The van der Waals surface area contributed by atoms with Gasteiger partial charge in [-0.15, -0.1) is 5.10 Å². The summed E-state index contributed by atoms with van der Waals surface area (Å²) in [4.78, 5) is 11.3. The smallest absolute Gasteiger partial charge is 0.270 e. The van der Waals surface area contributed by atoms with Gasteiger partial charge in [-0.3, -0.25) is 4.57 Å². The van der Waals surface area contributed by atoms with E-state index in [2.05, 4.69) is 36.7 Å². The van der Waals surface area contributed by atoms with Gasteiger partial charge < -0.3 is 0 Å². The SMILES string of the molecule is CCn1c(SCC(C)(C)CS)n[nH]c1=O. The number of aromatic amines is 1. The number of nitrogens with one attached hydrogen (secondary N) is 1. The molecule has 0 fully saturated rings. The van der Waals surface area contributed by atoms with Gasteiger partial charge in [-0.2, -0.15) is 12.6 Å². The first-order valence-electron chi connectivity index (χ1n) is 4.89. The Bertz CT molecular complexity index is 370. The molecule has 0 amide bonds. The zero-order chi connectivity index (χ0) is 11.5. The fraction of sp³-hybridized carbons (Fsp3) is 0.778. The number of H-pyrrole nitrogens is 1. The van der Waals surface area contributed by atoms with E-state index < -0.39 is 0 Å². The summed E-state index contributed by atoms with van der Waals surface area (Å²) < 4.78 is 1.64. The molecule has 6 heteroatoms. The average molecular weight is 247 g/mol. The maximum absolute atomic E-state index is 11.3. The van der Waals surface area contributed by atoms with Crippen LogP contribution in [0.4, 0.5) is 0 Å². The average Bonchev–Trinajstić information content (AvgIpc) is 2.56. The Kier molecular flexibility index (Phi) is 4.33. The van der Waals surface area contributed by atoms with Crippen molar-refractivity contribution >= 4 is 24.4 Å². The van der Waals surface area contributed by atoms with Crippen LogP contribution in [0.2, 0.25) is 0 Å². The predicted molar refractivity (Wildman–Crippen MR) is 66.9 cm³/mol. The van der Waals surface area contributed by atoms with Crippen LogP contribution in [0, 0.1) is 5.41 Å². The van der Waals surface area contributed by atoms with E-state index >= 15 is 0 Å². The van der Waals surface area contributed by atoms with Gasteiger partial charge in [0.25, 0.3) is 0 Å². The molecule has 0 aliphatic rings. The molecule has 1 aromatic heterocycles. The first kappa shape index (κ1) is 12.7. The lowest BCUT2D eigenvalue weighted by Gasteiger charge is -2.20. The third-order valence-electron chi connectivity index (χ3n) is 2.06. The molecule has 0 unspecified atom stereocenters. The van der Waals surface area contributed by atoms with Crippen molar-refractivity contribution in [3.05, 3.63) is 10.5 Å². The fourth-order valence-electron chi connectivity index (χ4n) is 0.998. The Morgan fingerprint density at radius 1 is 1.60 bits per heavy atom. The molecule has 0 saturated carbocycles. The van der Waals surface area contributed by atoms with Crippen molar-refractivity contribution in [2.45, 2.75) is 32.5 Å². The standard InChI is InChI=1S/C9H17N3OS2/c1-4-12-7(13)10-11-8(12)15-6-9(2,3)5-14/h14H,4-6H2,1-3H3,(H,10,13). The van der Waals surface area contributed by atoms with Gasteiger partial charge in [0.15, 0.2) is 5.16 Å². The summed E-state index contributed by atoms with van der Waals surface area (Å²) in [6.07, 6.45) is 0. The molecule has 15 heavy (non-hydrogen) atoms. The molecule has 0 radical (unpaired) electrons. The minimum atomic E-state index is -0.135. The van der Waals surface area contributed by atoms with E-state index in [0.29, 0.717) is 6.54 Å². The highest BCUT2D eigenvalue weighted by Gasteiger charge is 2.18. The Morgan fingerprint density at radius 3 is 2.80 bits per heavy atom. The van der Waals surface area contributed by atoms with E-state index in [1.807, 2.05) is 6.92 Å². The van der Waals surface area contributed by atoms with E-state index in [-0.39, 0.29) is 11.1 Å². The van der Waals surface area contributed by atoms with E-state index in [9.17, 15) is 4.79 Å². The number of thiol groups is 1. The molecular weight excluding hydrogens is 230 g/mol. The minimum absolute atomic E-state index is 0.135. The second-order valence-electron chi connectivity index (χ2n) is 4.17. The Balaban J connectivity index is 2.69. The summed E-state index contributed by atoms with van der Waals surface area (Å²) in [5.41, 5.74) is 0.0186. The van der Waals surface area contributed by atoms with Crippen LogP contribution in [0.3, 0.4) is 0 Å². The van der Waals surface area contributed by atoms with Crippen LogP contribution >= 0.6 is 24.4 Å². The van der Waals surface area contributed by atoms with E-state index in [4.69, 9.17) is 0 Å². The summed E-state index contributed by atoms with van der Waals surface area (Å²) in [5.74, 6) is 1.72. The van der Waals surface area contributed by atoms with Crippen molar-refractivity contribution in [3.8, 4) is 0 Å². The molecule has 0 bridgehead atoms. The lowest BCUT2D eigenvalue weighted by Crippen LogP contribution is -2.19. The van der Waals surface area contributed by atoms with Gasteiger partial charge in [-0.1, -0.05) is 25.6 Å². The quantitative estimate of drug-likeness (QED) is 0.614. The number of aromatic nitrogens is 3. The third-order valence-corrected chi connectivity index (χ3v) is 4.41. The van der Waals surface area contributed by atoms with Crippen molar-refractivity contribution in [1.82, 2.24) is 14.8 Å². The maximum atomic E-state index is 11.3. The van der Waals surface area contributed by atoms with Crippen molar-refractivity contribution in [2.24, 2.45) is 5.41 Å². The van der Waals surface area contributed by atoms with Crippen molar-refractivity contribution in [1.29, 1.82) is 0 Å². The zero-order valence-electron chi connectivity index (χ0n) is 9.28. The van der Waals surface area contributed by atoms with E-state index in [1.54, 1.807) is 16.3 Å². The Hall–Kier alpha value is -0.360. The zero-order valence-corrected chi connectivity index (χ0v) is 11.0. The lowest BCUT2D eigenvalue weighted by atomic mass is 10.0. The van der Waals surface area contributed by atoms with Crippen molar-refractivity contribution in [2.75, 3.05) is 11.5 Å². The van der Waals surface area contributed by atoms with Gasteiger partial charge in [0.2, 0.25) is 0 Å². The summed E-state index contributed by atoms with van der Waals surface area (Å²) in [5, 5.41) is 7.21. The normalized spacial score (nSPS) is 12.0. The van der Waals surface area contributed by atoms with Crippen LogP contribution < -0.4 is 5.69 Å². The van der Waals surface area contributed by atoms with Gasteiger partial charge in [0.1, 0.15) is 0 Å². The first-order chi connectivity index (χ1) is 7.00. The van der Waals surface area contributed by atoms with Gasteiger partial charge in [-0.05, 0) is 18.1 Å². The second kappa shape index (κ2) is 5.12. The molecule has 0 atom stereocenters. The Morgan fingerprint density at radius 2 is 2.27 bits per heavy atom. The molecule has 4 nitrogen and oxygen atoms in total. The van der Waals surface area contributed by atoms with Crippen molar-refractivity contribution in [3.63, 3.8) is 0 Å². The highest BCUT2D eigenvalue weighted by Crippen LogP contribution is 2.26. The first-order valence-corrected chi connectivity index (χ1v) is 6.51. The van der Waals surface area contributed by atoms with Gasteiger partial charge in [0.05, 0.1) is 0 Å². The molecule has 1 rings (SSSR count). The molecule has 1 heterocycles. The molecule has 86 valence electrons. The van der Waals surface area contributed by atoms with Crippen molar-refractivity contribution < 1.29 is 0 Å².